The molecule has 2 aliphatic heterocycles. The molecule has 1 unspecified atom stereocenters. The Morgan fingerprint density at radius 1 is 1.07 bits per heavy atom. The number of pyridine rings is 1. The molecule has 8 nitrogen and oxygen atoms in total. The van der Waals surface area contributed by atoms with Gasteiger partial charge in [0.15, 0.2) is 0 Å². The summed E-state index contributed by atoms with van der Waals surface area (Å²) >= 11 is 0. The Kier molecular flexibility index (Phi) is 7.50. The highest BCUT2D eigenvalue weighted by molar-refractivity contribution is 5.98. The maximum Gasteiger partial charge on any atom is 0.471 e. The van der Waals surface area contributed by atoms with Gasteiger partial charge in [0.1, 0.15) is 18.1 Å². The molecule has 5 rings (SSSR count). The molecule has 1 N–H and O–H groups in total. The van der Waals surface area contributed by atoms with E-state index in [4.69, 9.17) is 9.47 Å². The van der Waals surface area contributed by atoms with Crippen LogP contribution in [0.25, 0.3) is 0 Å². The van der Waals surface area contributed by atoms with Gasteiger partial charge in [-0.05, 0) is 30.7 Å². The largest absolute Gasteiger partial charge is 0.493 e. The van der Waals surface area contributed by atoms with Crippen LogP contribution in [-0.2, 0) is 9.59 Å². The van der Waals surface area contributed by atoms with Crippen LogP contribution in [0.4, 0.5) is 34.6 Å². The fourth-order valence-electron chi connectivity index (χ4n) is 5.31. The lowest BCUT2D eigenvalue weighted by atomic mass is 9.89. The summed E-state index contributed by atoms with van der Waals surface area (Å²) in [5.74, 6) is -4.46. The summed E-state index contributed by atoms with van der Waals surface area (Å²) in [6.07, 6.45) is -3.13. The second-order valence-corrected chi connectivity index (χ2v) is 9.95. The highest BCUT2D eigenvalue weighted by Crippen LogP contribution is 2.48. The SMILES string of the molecule is CCCN(c1ccc(F)nc1)c1cccc2c1OC[C@H]2N(C(=O)C(F)(F)F)c1ccc2c(c1)OC[C@H]2C(C)C(=O)O. The number of carbonyl (C=O) groups is 2. The van der Waals surface area contributed by atoms with Gasteiger partial charge < -0.3 is 19.5 Å². The Bertz CT molecular complexity index is 1460. The fraction of sp³-hybridized carbons (Fsp3) is 0.345. The molecule has 0 aliphatic carbocycles. The number of nitrogens with zero attached hydrogens (tertiary/aromatic N) is 3. The normalized spacial score (nSPS) is 18.1. The standard InChI is InChI=1S/C29H27F4N3O5/c1-3-11-35(18-8-10-25(30)34-13-18)22-6-4-5-20-23(15-41-26(20)22)36(28(39)29(31,32)33)17-7-9-19-21(16(2)27(37)38)14-40-24(19)12-17/h4-10,12-13,16,21,23H,3,11,14-15H2,1-2H3,(H,37,38)/t16?,21-,23+/m0/s1. The number of halogens is 4. The number of alkyl halides is 3. The van der Waals surface area contributed by atoms with E-state index in [-0.39, 0.29) is 24.7 Å². The Balaban J connectivity index is 1.56. The number of carbonyl (C=O) groups excluding carboxylic acids is 1. The molecule has 2 aromatic carbocycles. The maximum absolute atomic E-state index is 13.9. The summed E-state index contributed by atoms with van der Waals surface area (Å²) < 4.78 is 66.9. The molecule has 0 fully saturated rings. The van der Waals surface area contributed by atoms with E-state index < -0.39 is 41.9 Å². The van der Waals surface area contributed by atoms with Gasteiger partial charge in [0, 0.05) is 35.3 Å². The number of benzene rings is 2. The van der Waals surface area contributed by atoms with Crippen LogP contribution in [0.5, 0.6) is 11.5 Å². The number of hydrogen-bond donors (Lipinski definition) is 1. The summed E-state index contributed by atoms with van der Waals surface area (Å²) in [6.45, 7) is 3.78. The van der Waals surface area contributed by atoms with Crippen molar-refractivity contribution in [2.45, 2.75) is 38.4 Å². The second-order valence-electron chi connectivity index (χ2n) is 9.95. The zero-order chi connectivity index (χ0) is 29.5. The van der Waals surface area contributed by atoms with Crippen LogP contribution in [0.1, 0.15) is 43.4 Å². The molecule has 3 atom stereocenters. The third-order valence-corrected chi connectivity index (χ3v) is 7.39. The molecule has 0 saturated carbocycles. The third kappa shape index (κ3) is 5.25. The fourth-order valence-corrected chi connectivity index (χ4v) is 5.31. The molecule has 216 valence electrons. The first-order chi connectivity index (χ1) is 19.5. The molecule has 0 radical (unpaired) electrons. The van der Waals surface area contributed by atoms with Gasteiger partial charge in [-0.3, -0.25) is 14.5 Å². The lowest BCUT2D eigenvalue weighted by Crippen LogP contribution is -2.44. The molecule has 0 saturated heterocycles. The molecule has 1 aromatic heterocycles. The van der Waals surface area contributed by atoms with Crippen LogP contribution in [-0.4, -0.2) is 47.9 Å². The van der Waals surface area contributed by atoms with Gasteiger partial charge in [-0.1, -0.05) is 32.0 Å². The molecule has 0 spiro atoms. The smallest absolute Gasteiger partial charge is 0.471 e. The van der Waals surface area contributed by atoms with Crippen LogP contribution in [0.3, 0.4) is 0 Å². The van der Waals surface area contributed by atoms with E-state index in [0.717, 1.165) is 0 Å². The minimum atomic E-state index is -5.19. The summed E-state index contributed by atoms with van der Waals surface area (Å²) in [6, 6.07) is 10.9. The molecule has 2 aliphatic rings. The number of rotatable bonds is 8. The minimum Gasteiger partial charge on any atom is -0.493 e. The molecule has 3 heterocycles. The van der Waals surface area contributed by atoms with E-state index in [1.54, 1.807) is 24.3 Å². The predicted molar refractivity (Wildman–Crippen MR) is 141 cm³/mol. The first kappa shape index (κ1) is 28.2. The first-order valence-corrected chi connectivity index (χ1v) is 13.1. The van der Waals surface area contributed by atoms with E-state index in [2.05, 4.69) is 4.98 Å². The van der Waals surface area contributed by atoms with E-state index in [0.29, 0.717) is 46.1 Å². The van der Waals surface area contributed by atoms with Crippen molar-refractivity contribution < 1.29 is 41.7 Å². The van der Waals surface area contributed by atoms with Crippen LogP contribution < -0.4 is 19.3 Å². The first-order valence-electron chi connectivity index (χ1n) is 13.1. The van der Waals surface area contributed by atoms with Crippen molar-refractivity contribution in [2.75, 3.05) is 29.6 Å². The topological polar surface area (TPSA) is 92.2 Å². The number of aliphatic carboxylic acids is 1. The van der Waals surface area contributed by atoms with Crippen LogP contribution in [0, 0.1) is 11.9 Å². The van der Waals surface area contributed by atoms with E-state index >= 15 is 0 Å². The van der Waals surface area contributed by atoms with Gasteiger partial charge in [0.05, 0.1) is 36.1 Å². The van der Waals surface area contributed by atoms with Gasteiger partial charge in [0.25, 0.3) is 0 Å². The van der Waals surface area contributed by atoms with E-state index in [9.17, 15) is 32.3 Å². The third-order valence-electron chi connectivity index (χ3n) is 7.39. The average Bonchev–Trinajstić information content (AvgIpc) is 3.56. The summed E-state index contributed by atoms with van der Waals surface area (Å²) in [5.41, 5.74) is 1.97. The quantitative estimate of drug-likeness (QED) is 0.261. The van der Waals surface area contributed by atoms with Gasteiger partial charge in [0.2, 0.25) is 5.95 Å². The number of carboxylic acids is 1. The number of anilines is 3. The number of hydrogen-bond acceptors (Lipinski definition) is 6. The Hall–Kier alpha value is -4.35. The Morgan fingerprint density at radius 2 is 1.83 bits per heavy atom. The number of para-hydroxylation sites is 1. The van der Waals surface area contributed by atoms with Crippen LogP contribution in [0.15, 0.2) is 54.7 Å². The Morgan fingerprint density at radius 3 is 2.49 bits per heavy atom. The highest BCUT2D eigenvalue weighted by atomic mass is 19.4. The van der Waals surface area contributed by atoms with Gasteiger partial charge in [-0.2, -0.15) is 17.6 Å². The van der Waals surface area contributed by atoms with Crippen molar-refractivity contribution in [2.24, 2.45) is 5.92 Å². The zero-order valence-corrected chi connectivity index (χ0v) is 22.2. The lowest BCUT2D eigenvalue weighted by molar-refractivity contribution is -0.171. The average molecular weight is 574 g/mol. The number of ether oxygens (including phenoxy) is 2. The van der Waals surface area contributed by atoms with Crippen molar-refractivity contribution in [3.63, 3.8) is 0 Å². The van der Waals surface area contributed by atoms with E-state index in [1.165, 1.54) is 37.4 Å². The van der Waals surface area contributed by atoms with Gasteiger partial charge in [-0.15, -0.1) is 0 Å². The number of aromatic nitrogens is 1. The molecular weight excluding hydrogens is 546 g/mol. The number of amides is 1. The second kappa shape index (κ2) is 10.9. The Labute approximate surface area is 233 Å². The minimum absolute atomic E-state index is 0.0592. The van der Waals surface area contributed by atoms with Crippen molar-refractivity contribution in [3.8, 4) is 11.5 Å². The molecule has 41 heavy (non-hydrogen) atoms. The van der Waals surface area contributed by atoms with Crippen molar-refractivity contribution >= 4 is 28.9 Å². The summed E-state index contributed by atoms with van der Waals surface area (Å²) in [4.78, 5) is 30.6. The van der Waals surface area contributed by atoms with Gasteiger partial charge in [-0.25, -0.2) is 4.98 Å². The van der Waals surface area contributed by atoms with E-state index in [1.807, 2.05) is 11.8 Å². The van der Waals surface area contributed by atoms with Crippen LogP contribution >= 0.6 is 0 Å². The zero-order valence-electron chi connectivity index (χ0n) is 22.2. The number of carboxylic acid groups (broad SMARTS) is 1. The highest BCUT2D eigenvalue weighted by Gasteiger charge is 2.48. The lowest BCUT2D eigenvalue weighted by Gasteiger charge is -2.30. The van der Waals surface area contributed by atoms with Crippen LogP contribution in [0.2, 0.25) is 0 Å². The molecule has 1 amide bonds. The summed E-state index contributed by atoms with van der Waals surface area (Å²) in [7, 11) is 0. The van der Waals surface area contributed by atoms with Crippen molar-refractivity contribution in [3.05, 3.63) is 71.8 Å². The molecule has 12 heteroatoms. The molecule has 0 bridgehead atoms. The predicted octanol–water partition coefficient (Wildman–Crippen LogP) is 5.99. The van der Waals surface area contributed by atoms with Crippen molar-refractivity contribution in [1.29, 1.82) is 0 Å². The monoisotopic (exact) mass is 573 g/mol. The molecule has 3 aromatic rings. The number of fused-ring (bicyclic) bond motifs is 2. The molecular formula is C29H27F4N3O5. The summed E-state index contributed by atoms with van der Waals surface area (Å²) in [5, 5.41) is 9.42. The van der Waals surface area contributed by atoms with Gasteiger partial charge >= 0.3 is 18.1 Å². The maximum atomic E-state index is 13.9. The van der Waals surface area contributed by atoms with Crippen molar-refractivity contribution in [1.82, 2.24) is 4.98 Å².